The summed E-state index contributed by atoms with van der Waals surface area (Å²) in [5.74, 6) is 2.81. The van der Waals surface area contributed by atoms with E-state index in [2.05, 4.69) is 15.5 Å². The van der Waals surface area contributed by atoms with Gasteiger partial charge in [0.2, 0.25) is 5.89 Å². The number of hydrogen-bond donors (Lipinski definition) is 1. The van der Waals surface area contributed by atoms with Gasteiger partial charge in [-0.25, -0.2) is 0 Å². The molecule has 2 aromatic rings. The summed E-state index contributed by atoms with van der Waals surface area (Å²) in [5.41, 5.74) is 0.767. The maximum absolute atomic E-state index is 13.1. The van der Waals surface area contributed by atoms with Gasteiger partial charge in [0.05, 0.1) is 11.3 Å². The second-order valence-corrected chi connectivity index (χ2v) is 8.46. The number of rotatable bonds is 7. The van der Waals surface area contributed by atoms with Crippen molar-refractivity contribution in [3.8, 4) is 0 Å². The van der Waals surface area contributed by atoms with Crippen molar-refractivity contribution in [2.24, 2.45) is 5.92 Å². The highest BCUT2D eigenvalue weighted by Gasteiger charge is 2.27. The van der Waals surface area contributed by atoms with Crippen molar-refractivity contribution >= 4 is 17.7 Å². The number of hydrogen-bond acceptors (Lipinski definition) is 6. The molecule has 0 spiro atoms. The summed E-state index contributed by atoms with van der Waals surface area (Å²) in [4.78, 5) is 20.2. The molecule has 144 valence electrons. The minimum atomic E-state index is 0.125. The Balaban J connectivity index is 1.34. The molecular formula is C20H26N4O2S. The smallest absolute Gasteiger partial charge is 0.254 e. The zero-order valence-corrected chi connectivity index (χ0v) is 16.5. The van der Waals surface area contributed by atoms with Gasteiger partial charge in [-0.15, -0.1) is 11.8 Å². The third-order valence-corrected chi connectivity index (χ3v) is 6.27. The van der Waals surface area contributed by atoms with Crippen LogP contribution in [0.25, 0.3) is 0 Å². The van der Waals surface area contributed by atoms with Gasteiger partial charge in [-0.2, -0.15) is 4.98 Å². The molecule has 4 rings (SSSR count). The molecule has 1 aromatic carbocycles. The number of carbonyl (C=O) groups is 1. The van der Waals surface area contributed by atoms with Crippen molar-refractivity contribution in [2.45, 2.75) is 49.3 Å². The summed E-state index contributed by atoms with van der Waals surface area (Å²) < 4.78 is 5.17. The molecule has 1 aliphatic carbocycles. The van der Waals surface area contributed by atoms with Gasteiger partial charge in [-0.1, -0.05) is 17.3 Å². The predicted molar refractivity (Wildman–Crippen MR) is 105 cm³/mol. The summed E-state index contributed by atoms with van der Waals surface area (Å²) in [5, 5.41) is 7.49. The van der Waals surface area contributed by atoms with Crippen molar-refractivity contribution in [1.82, 2.24) is 20.4 Å². The first kappa shape index (κ1) is 18.5. The Morgan fingerprint density at radius 1 is 1.26 bits per heavy atom. The third kappa shape index (κ3) is 4.90. The summed E-state index contributed by atoms with van der Waals surface area (Å²) in [6, 6.07) is 8.36. The van der Waals surface area contributed by atoms with Crippen molar-refractivity contribution < 1.29 is 9.32 Å². The molecule has 2 fully saturated rings. The van der Waals surface area contributed by atoms with Crippen LogP contribution in [0.2, 0.25) is 0 Å². The minimum Gasteiger partial charge on any atom is -0.338 e. The van der Waals surface area contributed by atoms with Gasteiger partial charge >= 0.3 is 0 Å². The molecule has 1 saturated carbocycles. The Labute approximate surface area is 164 Å². The highest BCUT2D eigenvalue weighted by atomic mass is 32.2. The van der Waals surface area contributed by atoms with E-state index in [1.165, 1.54) is 12.8 Å². The van der Waals surface area contributed by atoms with E-state index < -0.39 is 0 Å². The van der Waals surface area contributed by atoms with Gasteiger partial charge in [-0.05, 0) is 57.2 Å². The highest BCUT2D eigenvalue weighted by Crippen LogP contribution is 2.29. The lowest BCUT2D eigenvalue weighted by Gasteiger charge is -2.33. The van der Waals surface area contributed by atoms with E-state index in [-0.39, 0.29) is 5.91 Å². The molecule has 0 atom stereocenters. The van der Waals surface area contributed by atoms with Crippen LogP contribution < -0.4 is 5.32 Å². The Hall–Kier alpha value is -1.86. The van der Waals surface area contributed by atoms with E-state index in [1.54, 1.807) is 18.7 Å². The minimum absolute atomic E-state index is 0.125. The van der Waals surface area contributed by atoms with E-state index in [4.69, 9.17) is 4.52 Å². The summed E-state index contributed by atoms with van der Waals surface area (Å²) in [6.07, 6.45) is 4.83. The molecule has 7 heteroatoms. The predicted octanol–water partition coefficient (Wildman–Crippen LogP) is 3.27. The van der Waals surface area contributed by atoms with Gasteiger partial charge in [0.25, 0.3) is 5.91 Å². The lowest BCUT2D eigenvalue weighted by Crippen LogP contribution is -2.45. The van der Waals surface area contributed by atoms with Crippen molar-refractivity contribution in [1.29, 1.82) is 0 Å². The van der Waals surface area contributed by atoms with Crippen molar-refractivity contribution in [2.75, 3.05) is 19.6 Å². The summed E-state index contributed by atoms with van der Waals surface area (Å²) in [7, 11) is 0. The Kier molecular flexibility index (Phi) is 5.78. The van der Waals surface area contributed by atoms with E-state index >= 15 is 0 Å². The molecule has 1 N–H and O–H groups in total. The van der Waals surface area contributed by atoms with Crippen LogP contribution >= 0.6 is 11.8 Å². The molecule has 1 amide bonds. The van der Waals surface area contributed by atoms with Crippen LogP contribution in [-0.4, -0.2) is 46.6 Å². The fourth-order valence-corrected chi connectivity index (χ4v) is 4.30. The van der Waals surface area contributed by atoms with E-state index in [9.17, 15) is 4.79 Å². The third-order valence-electron chi connectivity index (χ3n) is 5.21. The highest BCUT2D eigenvalue weighted by molar-refractivity contribution is 7.98. The average Bonchev–Trinajstić information content (AvgIpc) is 3.44. The maximum atomic E-state index is 13.1. The number of carbonyl (C=O) groups excluding carboxylic acids is 1. The number of nitrogens with zero attached hydrogens (tertiary/aromatic N) is 3. The second kappa shape index (κ2) is 8.44. The molecule has 1 aromatic heterocycles. The molecule has 6 nitrogen and oxygen atoms in total. The van der Waals surface area contributed by atoms with Gasteiger partial charge in [0, 0.05) is 24.0 Å². The lowest BCUT2D eigenvalue weighted by molar-refractivity contribution is 0.0701. The van der Waals surface area contributed by atoms with Crippen LogP contribution in [0.4, 0.5) is 0 Å². The van der Waals surface area contributed by atoms with E-state index in [1.807, 2.05) is 29.2 Å². The Morgan fingerprint density at radius 3 is 2.74 bits per heavy atom. The van der Waals surface area contributed by atoms with Crippen molar-refractivity contribution in [3.63, 3.8) is 0 Å². The number of nitrogens with one attached hydrogen (secondary N) is 1. The average molecular weight is 387 g/mol. The first-order valence-electron chi connectivity index (χ1n) is 9.72. The van der Waals surface area contributed by atoms with Gasteiger partial charge in [0.1, 0.15) is 0 Å². The number of likely N-dealkylation sites (tertiary alicyclic amines) is 1. The van der Waals surface area contributed by atoms with Crippen LogP contribution in [0, 0.1) is 12.8 Å². The monoisotopic (exact) mass is 386 g/mol. The molecule has 0 radical (unpaired) electrons. The molecule has 2 aliphatic rings. The van der Waals surface area contributed by atoms with Crippen LogP contribution in [0.1, 0.15) is 47.8 Å². The second-order valence-electron chi connectivity index (χ2n) is 7.44. The fraction of sp³-hybridized carbons (Fsp3) is 0.550. The van der Waals surface area contributed by atoms with Crippen LogP contribution in [0.5, 0.6) is 0 Å². The van der Waals surface area contributed by atoms with Crippen LogP contribution in [0.3, 0.4) is 0 Å². The SMILES string of the molecule is Cc1noc(CSc2ccccc2C(=O)N2CCC(NCC3CC3)CC2)n1. The number of amides is 1. The first-order chi connectivity index (χ1) is 13.2. The van der Waals surface area contributed by atoms with Crippen LogP contribution in [0.15, 0.2) is 33.7 Å². The number of piperidine rings is 1. The largest absolute Gasteiger partial charge is 0.338 e. The van der Waals surface area contributed by atoms with E-state index in [0.717, 1.165) is 48.9 Å². The number of benzene rings is 1. The first-order valence-corrected chi connectivity index (χ1v) is 10.7. The lowest BCUT2D eigenvalue weighted by atomic mass is 10.0. The van der Waals surface area contributed by atoms with Crippen LogP contribution in [-0.2, 0) is 5.75 Å². The molecule has 0 unspecified atom stereocenters. The summed E-state index contributed by atoms with van der Waals surface area (Å²) >= 11 is 1.57. The topological polar surface area (TPSA) is 71.3 Å². The summed E-state index contributed by atoms with van der Waals surface area (Å²) in [6.45, 7) is 4.59. The van der Waals surface area contributed by atoms with Gasteiger partial charge in [0.15, 0.2) is 5.82 Å². The van der Waals surface area contributed by atoms with Gasteiger partial charge in [-0.3, -0.25) is 4.79 Å². The Bertz CT molecular complexity index is 782. The maximum Gasteiger partial charge on any atom is 0.254 e. The number of aromatic nitrogens is 2. The standard InChI is InChI=1S/C20H26N4O2S/c1-14-22-19(26-23-14)13-27-18-5-3-2-4-17(18)20(25)24-10-8-16(9-11-24)21-12-15-6-7-15/h2-5,15-16,21H,6-13H2,1H3. The molecule has 2 heterocycles. The fourth-order valence-electron chi connectivity index (χ4n) is 3.42. The quantitative estimate of drug-likeness (QED) is 0.737. The number of thioether (sulfide) groups is 1. The molecular weight excluding hydrogens is 360 g/mol. The molecule has 27 heavy (non-hydrogen) atoms. The zero-order valence-electron chi connectivity index (χ0n) is 15.7. The number of aryl methyl sites for hydroxylation is 1. The normalized spacial score (nSPS) is 18.0. The Morgan fingerprint density at radius 2 is 2.04 bits per heavy atom. The van der Waals surface area contributed by atoms with Crippen molar-refractivity contribution in [3.05, 3.63) is 41.5 Å². The zero-order chi connectivity index (χ0) is 18.6. The van der Waals surface area contributed by atoms with Gasteiger partial charge < -0.3 is 14.7 Å². The molecule has 1 saturated heterocycles. The van der Waals surface area contributed by atoms with E-state index in [0.29, 0.717) is 23.5 Å². The molecule has 1 aliphatic heterocycles. The molecule has 0 bridgehead atoms.